The van der Waals surface area contributed by atoms with Gasteiger partial charge in [0.05, 0.1) is 4.90 Å². The number of sulfonamides is 1. The molecule has 1 saturated heterocycles. The Balaban J connectivity index is 2.51. The van der Waals surface area contributed by atoms with Gasteiger partial charge in [-0.3, -0.25) is 9.59 Å². The first-order valence-electron chi connectivity index (χ1n) is 9.11. The molecule has 1 aromatic rings. The Labute approximate surface area is 160 Å². The number of piperidine rings is 1. The number of esters is 2. The summed E-state index contributed by atoms with van der Waals surface area (Å²) in [5.74, 6) is -1.17. The predicted molar refractivity (Wildman–Crippen MR) is 99.2 cm³/mol. The van der Waals surface area contributed by atoms with Crippen molar-refractivity contribution >= 4 is 22.0 Å². The summed E-state index contributed by atoms with van der Waals surface area (Å²) >= 11 is 0. The largest absolute Gasteiger partial charge is 0.457 e. The molecule has 1 aliphatic rings. The number of ether oxygens (including phenoxy) is 2. The number of hydrogen-bond donors (Lipinski definition) is 0. The van der Waals surface area contributed by atoms with E-state index in [1.165, 1.54) is 30.3 Å². The zero-order valence-electron chi connectivity index (χ0n) is 16.2. The molecule has 27 heavy (non-hydrogen) atoms. The maximum atomic E-state index is 13.4. The molecule has 0 amide bonds. The van der Waals surface area contributed by atoms with E-state index < -0.39 is 34.3 Å². The highest BCUT2D eigenvalue weighted by atomic mass is 32.2. The van der Waals surface area contributed by atoms with Crippen LogP contribution in [0.15, 0.2) is 29.2 Å². The van der Waals surface area contributed by atoms with E-state index in [9.17, 15) is 18.0 Å². The molecule has 1 heterocycles. The number of carbonyl (C=O) groups excluding carboxylic acids is 2. The SMILES string of the molecule is CCC[C@@H]1CC[C@H](OC(C)=O)[C@H](OC(C)=O)N1S(=O)(=O)c1ccc(C)cc1. The van der Waals surface area contributed by atoms with Crippen LogP contribution >= 0.6 is 0 Å². The zero-order valence-corrected chi connectivity index (χ0v) is 17.0. The Morgan fingerprint density at radius 3 is 2.19 bits per heavy atom. The van der Waals surface area contributed by atoms with Crippen LogP contribution in [0.1, 0.15) is 52.0 Å². The minimum absolute atomic E-state index is 0.120. The average molecular weight is 397 g/mol. The number of hydrogen-bond acceptors (Lipinski definition) is 6. The van der Waals surface area contributed by atoms with Crippen molar-refractivity contribution in [3.05, 3.63) is 29.8 Å². The van der Waals surface area contributed by atoms with Gasteiger partial charge >= 0.3 is 11.9 Å². The van der Waals surface area contributed by atoms with Crippen LogP contribution in [0, 0.1) is 6.92 Å². The van der Waals surface area contributed by atoms with E-state index in [2.05, 4.69) is 0 Å². The lowest BCUT2D eigenvalue weighted by Gasteiger charge is -2.43. The summed E-state index contributed by atoms with van der Waals surface area (Å²) in [5, 5.41) is 0. The molecule has 0 aliphatic carbocycles. The quantitative estimate of drug-likeness (QED) is 0.686. The van der Waals surface area contributed by atoms with Gasteiger partial charge < -0.3 is 9.47 Å². The second kappa shape index (κ2) is 8.84. The zero-order chi connectivity index (χ0) is 20.2. The van der Waals surface area contributed by atoms with Crippen LogP contribution in [0.25, 0.3) is 0 Å². The van der Waals surface area contributed by atoms with Gasteiger partial charge in [0.2, 0.25) is 16.3 Å². The Kier molecular flexibility index (Phi) is 7.00. The lowest BCUT2D eigenvalue weighted by molar-refractivity contribution is -0.184. The molecule has 7 nitrogen and oxygen atoms in total. The summed E-state index contributed by atoms with van der Waals surface area (Å²) in [6.07, 6.45) is 0.338. The van der Waals surface area contributed by atoms with E-state index in [1.54, 1.807) is 12.1 Å². The number of benzene rings is 1. The maximum absolute atomic E-state index is 13.4. The van der Waals surface area contributed by atoms with Gasteiger partial charge in [-0.1, -0.05) is 31.0 Å². The van der Waals surface area contributed by atoms with Crippen LogP contribution in [0.4, 0.5) is 0 Å². The summed E-state index contributed by atoms with van der Waals surface area (Å²) in [4.78, 5) is 23.3. The smallest absolute Gasteiger partial charge is 0.304 e. The van der Waals surface area contributed by atoms with Gasteiger partial charge in [0, 0.05) is 19.9 Å². The van der Waals surface area contributed by atoms with Crippen LogP contribution in [0.3, 0.4) is 0 Å². The van der Waals surface area contributed by atoms with Crippen molar-refractivity contribution in [1.29, 1.82) is 0 Å². The van der Waals surface area contributed by atoms with E-state index >= 15 is 0 Å². The summed E-state index contributed by atoms with van der Waals surface area (Å²) in [6, 6.07) is 6.17. The molecule has 0 unspecified atom stereocenters. The van der Waals surface area contributed by atoms with Gasteiger partial charge in [-0.05, 0) is 38.3 Å². The summed E-state index contributed by atoms with van der Waals surface area (Å²) in [7, 11) is -3.95. The third-order valence-electron chi connectivity index (χ3n) is 4.54. The lowest BCUT2D eigenvalue weighted by Crippen LogP contribution is -2.58. The second-order valence-electron chi connectivity index (χ2n) is 6.82. The molecule has 0 bridgehead atoms. The molecule has 0 N–H and O–H groups in total. The molecule has 1 aliphatic heterocycles. The highest BCUT2D eigenvalue weighted by molar-refractivity contribution is 7.89. The van der Waals surface area contributed by atoms with Crippen molar-refractivity contribution in [2.45, 2.75) is 76.6 Å². The number of aryl methyl sites for hydroxylation is 1. The molecule has 0 saturated carbocycles. The minimum atomic E-state index is -3.95. The third kappa shape index (κ3) is 5.07. The van der Waals surface area contributed by atoms with Crippen LogP contribution in [0.5, 0.6) is 0 Å². The van der Waals surface area contributed by atoms with Crippen molar-refractivity contribution in [3.8, 4) is 0 Å². The molecule has 0 aromatic heterocycles. The van der Waals surface area contributed by atoms with Gasteiger partial charge in [0.25, 0.3) is 0 Å². The van der Waals surface area contributed by atoms with Crippen molar-refractivity contribution < 1.29 is 27.5 Å². The molecular weight excluding hydrogens is 370 g/mol. The first-order chi connectivity index (χ1) is 12.7. The lowest BCUT2D eigenvalue weighted by atomic mass is 9.97. The average Bonchev–Trinajstić information content (AvgIpc) is 2.56. The molecule has 0 radical (unpaired) electrons. The fourth-order valence-corrected chi connectivity index (χ4v) is 5.18. The highest BCUT2D eigenvalue weighted by Gasteiger charge is 2.47. The van der Waals surface area contributed by atoms with Gasteiger partial charge in [0.1, 0.15) is 0 Å². The Morgan fingerprint density at radius 1 is 1.07 bits per heavy atom. The number of nitrogens with zero attached hydrogens (tertiary/aromatic N) is 1. The second-order valence-corrected chi connectivity index (χ2v) is 8.66. The predicted octanol–water partition coefficient (Wildman–Crippen LogP) is 2.77. The van der Waals surface area contributed by atoms with Gasteiger partial charge in [-0.2, -0.15) is 4.31 Å². The molecule has 8 heteroatoms. The maximum Gasteiger partial charge on any atom is 0.304 e. The molecule has 2 rings (SSSR count). The Bertz CT molecular complexity index is 774. The summed E-state index contributed by atoms with van der Waals surface area (Å²) in [6.45, 7) is 6.30. The van der Waals surface area contributed by atoms with Crippen molar-refractivity contribution in [2.24, 2.45) is 0 Å². The van der Waals surface area contributed by atoms with Gasteiger partial charge in [-0.25, -0.2) is 8.42 Å². The topological polar surface area (TPSA) is 90.0 Å². The van der Waals surface area contributed by atoms with E-state index in [4.69, 9.17) is 9.47 Å². The third-order valence-corrected chi connectivity index (χ3v) is 6.46. The molecule has 1 fully saturated rings. The summed E-state index contributed by atoms with van der Waals surface area (Å²) < 4.78 is 38.7. The van der Waals surface area contributed by atoms with Crippen molar-refractivity contribution in [3.63, 3.8) is 0 Å². The van der Waals surface area contributed by atoms with Gasteiger partial charge in [-0.15, -0.1) is 0 Å². The first-order valence-corrected chi connectivity index (χ1v) is 10.6. The fraction of sp³-hybridized carbons (Fsp3) is 0.579. The Hall–Kier alpha value is -1.93. The molecule has 150 valence electrons. The minimum Gasteiger partial charge on any atom is -0.457 e. The molecule has 1 aromatic carbocycles. The molecular formula is C19H27NO6S. The Morgan fingerprint density at radius 2 is 1.67 bits per heavy atom. The normalized spacial score (nSPS) is 23.6. The first kappa shape index (κ1) is 21.4. The van der Waals surface area contributed by atoms with Crippen LogP contribution in [-0.2, 0) is 29.1 Å². The van der Waals surface area contributed by atoms with Crippen molar-refractivity contribution in [2.75, 3.05) is 0 Å². The van der Waals surface area contributed by atoms with Crippen molar-refractivity contribution in [1.82, 2.24) is 4.31 Å². The monoisotopic (exact) mass is 397 g/mol. The molecule has 3 atom stereocenters. The number of carbonyl (C=O) groups is 2. The molecule has 0 spiro atoms. The summed E-state index contributed by atoms with van der Waals surface area (Å²) in [5.41, 5.74) is 0.937. The highest BCUT2D eigenvalue weighted by Crippen LogP contribution is 2.34. The standard InChI is InChI=1S/C19H27NO6S/c1-5-6-16-9-12-18(25-14(3)21)19(26-15(4)22)20(16)27(23,24)17-10-7-13(2)8-11-17/h7-8,10-11,16,18-19H,5-6,9,12H2,1-4H3/t16-,18+,19+/m1/s1. The van der Waals surface area contributed by atoms with E-state index in [0.717, 1.165) is 12.0 Å². The van der Waals surface area contributed by atoms with E-state index in [1.807, 2.05) is 13.8 Å². The van der Waals surface area contributed by atoms with Crippen LogP contribution in [0.2, 0.25) is 0 Å². The fourth-order valence-electron chi connectivity index (χ4n) is 3.40. The number of rotatable bonds is 6. The van der Waals surface area contributed by atoms with E-state index in [-0.39, 0.29) is 10.9 Å². The van der Waals surface area contributed by atoms with Gasteiger partial charge in [0.15, 0.2) is 6.10 Å². The van der Waals surface area contributed by atoms with E-state index in [0.29, 0.717) is 19.3 Å². The van der Waals surface area contributed by atoms with Crippen LogP contribution < -0.4 is 0 Å². The van der Waals surface area contributed by atoms with Crippen LogP contribution in [-0.4, -0.2) is 43.0 Å².